The number of ether oxygens (including phenoxy) is 2. The van der Waals surface area contributed by atoms with Crippen molar-refractivity contribution in [2.45, 2.75) is 32.7 Å². The molecular formula is C19H22N4O4. The van der Waals surface area contributed by atoms with Crippen LogP contribution in [0.25, 0.3) is 0 Å². The summed E-state index contributed by atoms with van der Waals surface area (Å²) in [6.07, 6.45) is 1.18. The van der Waals surface area contributed by atoms with E-state index in [4.69, 9.17) is 14.1 Å². The van der Waals surface area contributed by atoms with Crippen molar-refractivity contribution in [2.24, 2.45) is 5.41 Å². The van der Waals surface area contributed by atoms with Gasteiger partial charge in [-0.25, -0.2) is 4.63 Å². The van der Waals surface area contributed by atoms with E-state index in [1.807, 2.05) is 18.2 Å². The molecule has 1 aromatic heterocycles. The molecule has 2 aliphatic rings. The molecule has 1 aliphatic heterocycles. The zero-order chi connectivity index (χ0) is 19.2. The molecule has 1 atom stereocenters. The first-order chi connectivity index (χ1) is 12.9. The number of nitrogens with zero attached hydrogens (tertiary/aromatic N) is 2. The van der Waals surface area contributed by atoms with Crippen LogP contribution in [-0.2, 0) is 4.79 Å². The average Bonchev–Trinajstić information content (AvgIpc) is 2.99. The Hall–Kier alpha value is -3.03. The number of Topliss-reactive ketones (excluding diaryl/α,β-unsaturated/α-hetero) is 1. The molecule has 0 amide bonds. The highest BCUT2D eigenvalue weighted by molar-refractivity contribution is 6.00. The number of hydrogen-bond donors (Lipinski definition) is 2. The summed E-state index contributed by atoms with van der Waals surface area (Å²) < 4.78 is 15.8. The minimum Gasteiger partial charge on any atom is -0.497 e. The van der Waals surface area contributed by atoms with Crippen molar-refractivity contribution >= 4 is 17.4 Å². The van der Waals surface area contributed by atoms with Crippen LogP contribution in [-0.4, -0.2) is 30.3 Å². The van der Waals surface area contributed by atoms with Gasteiger partial charge in [-0.05, 0) is 40.3 Å². The van der Waals surface area contributed by atoms with Gasteiger partial charge in [-0.3, -0.25) is 4.79 Å². The molecule has 0 unspecified atom stereocenters. The number of rotatable bonds is 3. The predicted octanol–water partition coefficient (Wildman–Crippen LogP) is 3.31. The lowest BCUT2D eigenvalue weighted by Gasteiger charge is -2.34. The maximum absolute atomic E-state index is 13.1. The van der Waals surface area contributed by atoms with Crippen LogP contribution in [0.3, 0.4) is 0 Å². The van der Waals surface area contributed by atoms with Gasteiger partial charge >= 0.3 is 0 Å². The third kappa shape index (κ3) is 3.01. The fraction of sp³-hybridized carbons (Fsp3) is 0.421. The van der Waals surface area contributed by atoms with Gasteiger partial charge in [0.05, 0.1) is 20.3 Å². The Morgan fingerprint density at radius 1 is 1.15 bits per heavy atom. The summed E-state index contributed by atoms with van der Waals surface area (Å²) in [7, 11) is 3.21. The van der Waals surface area contributed by atoms with Crippen molar-refractivity contribution in [2.75, 3.05) is 24.9 Å². The number of fused-ring (bicyclic) bond motifs is 1. The zero-order valence-corrected chi connectivity index (χ0v) is 15.8. The molecule has 0 bridgehead atoms. The van der Waals surface area contributed by atoms with Crippen LogP contribution in [0.2, 0.25) is 0 Å². The Kier molecular flexibility index (Phi) is 4.05. The van der Waals surface area contributed by atoms with Gasteiger partial charge < -0.3 is 20.1 Å². The summed E-state index contributed by atoms with van der Waals surface area (Å²) in [5.74, 6) is 2.33. The van der Waals surface area contributed by atoms with Gasteiger partial charge in [-0.15, -0.1) is 0 Å². The summed E-state index contributed by atoms with van der Waals surface area (Å²) in [6, 6.07) is 5.05. The van der Waals surface area contributed by atoms with Gasteiger partial charge in [0.15, 0.2) is 5.78 Å². The number of aromatic nitrogens is 2. The molecule has 8 heteroatoms. The highest BCUT2D eigenvalue weighted by Gasteiger charge is 2.40. The molecule has 4 rings (SSSR count). The first-order valence-corrected chi connectivity index (χ1v) is 8.76. The van der Waals surface area contributed by atoms with E-state index in [2.05, 4.69) is 34.8 Å². The summed E-state index contributed by atoms with van der Waals surface area (Å²) >= 11 is 0. The van der Waals surface area contributed by atoms with Gasteiger partial charge in [0.25, 0.3) is 0 Å². The van der Waals surface area contributed by atoms with E-state index >= 15 is 0 Å². The van der Waals surface area contributed by atoms with Gasteiger partial charge in [0.1, 0.15) is 11.5 Å². The van der Waals surface area contributed by atoms with E-state index in [1.54, 1.807) is 14.2 Å². The maximum atomic E-state index is 13.1. The molecule has 2 heterocycles. The quantitative estimate of drug-likeness (QED) is 0.849. The Balaban J connectivity index is 1.91. The molecule has 27 heavy (non-hydrogen) atoms. The van der Waals surface area contributed by atoms with Crippen LogP contribution < -0.4 is 20.1 Å². The number of hydrogen-bond acceptors (Lipinski definition) is 8. The number of nitrogens with one attached hydrogen (secondary N) is 2. The number of anilines is 2. The predicted molar refractivity (Wildman–Crippen MR) is 98.9 cm³/mol. The fourth-order valence-corrected chi connectivity index (χ4v) is 3.80. The number of ketones is 1. The molecule has 0 spiro atoms. The number of allylic oxidation sites excluding steroid dienone is 1. The second-order valence-electron chi connectivity index (χ2n) is 7.60. The van der Waals surface area contributed by atoms with Crippen LogP contribution >= 0.6 is 0 Å². The number of methoxy groups -OCH3 is 2. The van der Waals surface area contributed by atoms with E-state index in [0.717, 1.165) is 11.3 Å². The maximum Gasteiger partial charge on any atom is 0.219 e. The van der Waals surface area contributed by atoms with Crippen LogP contribution in [0.1, 0.15) is 38.3 Å². The molecule has 1 aromatic carbocycles. The standard InChI is InChI=1S/C19H22N4O4/c1-19(2)8-12-15(13(24)9-19)16(21-18-17(20-12)22-27-23-18)11-7-10(25-3)5-6-14(11)26-4/h5-7,16H,8-9H2,1-4H3,(H,20,22)(H,21,23)/t16-/m1/s1. The third-order valence-corrected chi connectivity index (χ3v) is 5.00. The average molecular weight is 370 g/mol. The number of carbonyl (C=O) groups excluding carboxylic acids is 1. The number of carbonyl (C=O) groups is 1. The van der Waals surface area contributed by atoms with Gasteiger partial charge in [0.2, 0.25) is 11.6 Å². The molecule has 0 radical (unpaired) electrons. The minimum atomic E-state index is -0.464. The fourth-order valence-electron chi connectivity index (χ4n) is 3.80. The van der Waals surface area contributed by atoms with E-state index in [-0.39, 0.29) is 11.2 Å². The van der Waals surface area contributed by atoms with Crippen molar-refractivity contribution in [3.05, 3.63) is 35.0 Å². The van der Waals surface area contributed by atoms with Gasteiger partial charge in [-0.2, -0.15) is 0 Å². The van der Waals surface area contributed by atoms with Crippen molar-refractivity contribution in [3.8, 4) is 11.5 Å². The molecule has 2 N–H and O–H groups in total. The lowest BCUT2D eigenvalue weighted by molar-refractivity contribution is -0.118. The van der Waals surface area contributed by atoms with Crippen LogP contribution in [0.15, 0.2) is 34.1 Å². The zero-order valence-electron chi connectivity index (χ0n) is 15.8. The van der Waals surface area contributed by atoms with Gasteiger partial charge in [0, 0.05) is 23.3 Å². The van der Waals surface area contributed by atoms with Crippen LogP contribution in [0.5, 0.6) is 11.5 Å². The van der Waals surface area contributed by atoms with Crippen molar-refractivity contribution in [1.29, 1.82) is 0 Å². The lowest BCUT2D eigenvalue weighted by Crippen LogP contribution is -2.31. The summed E-state index contributed by atoms with van der Waals surface area (Å²) in [4.78, 5) is 13.1. The van der Waals surface area contributed by atoms with E-state index in [9.17, 15) is 4.79 Å². The van der Waals surface area contributed by atoms with E-state index in [1.165, 1.54) is 0 Å². The molecule has 0 saturated heterocycles. The third-order valence-electron chi connectivity index (χ3n) is 5.00. The Morgan fingerprint density at radius 3 is 2.67 bits per heavy atom. The van der Waals surface area contributed by atoms with Crippen molar-refractivity contribution in [3.63, 3.8) is 0 Å². The highest BCUT2D eigenvalue weighted by Crippen LogP contribution is 2.46. The SMILES string of the molecule is COc1ccc(OC)c([C@H]2Nc3nonc3NC3=C2C(=O)CC(C)(C)C3)c1. The van der Waals surface area contributed by atoms with Crippen molar-refractivity contribution < 1.29 is 18.9 Å². The first kappa shape index (κ1) is 17.4. The van der Waals surface area contributed by atoms with E-state index < -0.39 is 6.04 Å². The highest BCUT2D eigenvalue weighted by atomic mass is 16.6. The molecule has 142 valence electrons. The van der Waals surface area contributed by atoms with Gasteiger partial charge in [-0.1, -0.05) is 13.8 Å². The largest absolute Gasteiger partial charge is 0.497 e. The molecule has 0 fully saturated rings. The molecule has 8 nitrogen and oxygen atoms in total. The monoisotopic (exact) mass is 370 g/mol. The van der Waals surface area contributed by atoms with E-state index in [0.29, 0.717) is 41.5 Å². The van der Waals surface area contributed by atoms with Crippen molar-refractivity contribution in [1.82, 2.24) is 10.3 Å². The summed E-state index contributed by atoms with van der Waals surface area (Å²) in [6.45, 7) is 4.16. The molecule has 0 saturated carbocycles. The number of benzene rings is 1. The second-order valence-corrected chi connectivity index (χ2v) is 7.60. The molecule has 1 aliphatic carbocycles. The Bertz CT molecular complexity index is 932. The summed E-state index contributed by atoms with van der Waals surface area (Å²) in [5.41, 5.74) is 2.14. The Labute approximate surface area is 156 Å². The second kappa shape index (κ2) is 6.29. The minimum absolute atomic E-state index is 0.0817. The lowest BCUT2D eigenvalue weighted by atomic mass is 9.73. The molecule has 2 aromatic rings. The Morgan fingerprint density at radius 2 is 1.93 bits per heavy atom. The molecular weight excluding hydrogens is 348 g/mol. The summed E-state index contributed by atoms with van der Waals surface area (Å²) in [5, 5.41) is 14.4. The first-order valence-electron chi connectivity index (χ1n) is 8.76. The normalized spacial score (nSPS) is 20.7. The topological polar surface area (TPSA) is 98.5 Å². The smallest absolute Gasteiger partial charge is 0.219 e. The van der Waals surface area contributed by atoms with Crippen LogP contribution in [0, 0.1) is 5.41 Å². The van der Waals surface area contributed by atoms with Crippen LogP contribution in [0.4, 0.5) is 11.6 Å².